The lowest BCUT2D eigenvalue weighted by Gasteiger charge is -2.47. The second kappa shape index (κ2) is 11.2. The van der Waals surface area contributed by atoms with Gasteiger partial charge in [0.2, 0.25) is 0 Å². The Hall–Kier alpha value is -4.06. The topological polar surface area (TPSA) is 63.6 Å². The molecule has 6 rings (SSSR count). The first-order valence-electron chi connectivity index (χ1n) is 14.5. The van der Waals surface area contributed by atoms with Gasteiger partial charge >= 0.3 is 0 Å². The molecule has 0 radical (unpaired) electrons. The number of methoxy groups -OCH3 is 1. The molecule has 0 bridgehead atoms. The molecule has 1 atom stereocenters. The fourth-order valence-corrected chi connectivity index (χ4v) is 6.50. The third-order valence-electron chi connectivity index (χ3n) is 8.69. The SMILES string of the molecule is COc1ccc(CN2C(=O)c3cc4ccccc4n3CC2(C(=O)NC2CCCCCCC2)c2ccccc2)cc1. The number of carbonyl (C=O) groups is 2. The molecule has 0 saturated heterocycles. The maximum atomic E-state index is 14.8. The number of nitrogens with one attached hydrogen (secondary N) is 1. The van der Waals surface area contributed by atoms with E-state index >= 15 is 0 Å². The molecule has 1 saturated carbocycles. The van der Waals surface area contributed by atoms with Crippen LogP contribution < -0.4 is 10.1 Å². The molecule has 2 aliphatic rings. The summed E-state index contributed by atoms with van der Waals surface area (Å²) in [6, 6.07) is 27.7. The van der Waals surface area contributed by atoms with Crippen molar-refractivity contribution < 1.29 is 14.3 Å². The highest BCUT2D eigenvalue weighted by molar-refractivity contribution is 6.04. The molecule has 0 spiro atoms. The van der Waals surface area contributed by atoms with Crippen LogP contribution in [0.4, 0.5) is 0 Å². The molecule has 2 amide bonds. The standard InChI is InChI=1S/C34H37N3O3/c1-40-29-20-18-25(19-21-29)23-37-32(38)31-22-26-12-10-11-17-30(26)36(31)24-34(37,27-13-6-5-7-14-27)33(39)35-28-15-8-3-2-4-9-16-28/h5-7,10-14,17-22,28H,2-4,8-9,15-16,23-24H2,1H3,(H,35,39). The molecular weight excluding hydrogens is 498 g/mol. The summed E-state index contributed by atoms with van der Waals surface area (Å²) in [4.78, 5) is 31.1. The van der Waals surface area contributed by atoms with Crippen LogP contribution in [0, 0.1) is 0 Å². The largest absolute Gasteiger partial charge is 0.497 e. The number of amides is 2. The number of fused-ring (bicyclic) bond motifs is 3. The van der Waals surface area contributed by atoms with Gasteiger partial charge in [0.1, 0.15) is 11.4 Å². The summed E-state index contributed by atoms with van der Waals surface area (Å²) in [5, 5.41) is 4.45. The maximum Gasteiger partial charge on any atom is 0.272 e. The van der Waals surface area contributed by atoms with E-state index in [0.29, 0.717) is 18.8 Å². The number of hydrogen-bond acceptors (Lipinski definition) is 3. The second-order valence-corrected chi connectivity index (χ2v) is 11.2. The molecular formula is C34H37N3O3. The fourth-order valence-electron chi connectivity index (χ4n) is 6.50. The highest BCUT2D eigenvalue weighted by Crippen LogP contribution is 2.40. The van der Waals surface area contributed by atoms with Crippen LogP contribution in [0.5, 0.6) is 5.75 Å². The lowest BCUT2D eigenvalue weighted by atomic mass is 9.83. The van der Waals surface area contributed by atoms with Gasteiger partial charge in [-0.25, -0.2) is 0 Å². The Labute approximate surface area is 235 Å². The summed E-state index contributed by atoms with van der Waals surface area (Å²) in [7, 11) is 1.64. The predicted octanol–water partition coefficient (Wildman–Crippen LogP) is 6.43. The van der Waals surface area contributed by atoms with Crippen LogP contribution in [0.2, 0.25) is 0 Å². The number of rotatable bonds is 6. The maximum absolute atomic E-state index is 14.8. The van der Waals surface area contributed by atoms with Crippen molar-refractivity contribution in [3.8, 4) is 5.75 Å². The minimum absolute atomic E-state index is 0.102. The molecule has 40 heavy (non-hydrogen) atoms. The van der Waals surface area contributed by atoms with Crippen molar-refractivity contribution in [1.82, 2.24) is 14.8 Å². The predicted molar refractivity (Wildman–Crippen MR) is 157 cm³/mol. The van der Waals surface area contributed by atoms with E-state index in [1.807, 2.05) is 89.5 Å². The number of carbonyl (C=O) groups excluding carboxylic acids is 2. The van der Waals surface area contributed by atoms with E-state index in [0.717, 1.165) is 53.5 Å². The third-order valence-corrected chi connectivity index (χ3v) is 8.69. The van der Waals surface area contributed by atoms with Gasteiger partial charge in [0, 0.05) is 23.5 Å². The Morgan fingerprint density at radius 3 is 2.30 bits per heavy atom. The Balaban J connectivity index is 1.49. The number of benzene rings is 3. The van der Waals surface area contributed by atoms with Crippen LogP contribution >= 0.6 is 0 Å². The molecule has 2 heterocycles. The van der Waals surface area contributed by atoms with Gasteiger partial charge in [0.05, 0.1) is 13.7 Å². The number of hydrogen-bond donors (Lipinski definition) is 1. The van der Waals surface area contributed by atoms with Crippen molar-refractivity contribution in [2.24, 2.45) is 0 Å². The van der Waals surface area contributed by atoms with Crippen LogP contribution in [0.15, 0.2) is 84.9 Å². The number of para-hydroxylation sites is 1. The van der Waals surface area contributed by atoms with Crippen molar-refractivity contribution in [1.29, 1.82) is 0 Å². The van der Waals surface area contributed by atoms with Gasteiger partial charge in [-0.1, -0.05) is 92.8 Å². The number of ether oxygens (including phenoxy) is 1. The zero-order valence-corrected chi connectivity index (χ0v) is 23.1. The van der Waals surface area contributed by atoms with Crippen molar-refractivity contribution in [2.75, 3.05) is 7.11 Å². The minimum Gasteiger partial charge on any atom is -0.497 e. The van der Waals surface area contributed by atoms with E-state index in [9.17, 15) is 9.59 Å². The zero-order valence-electron chi connectivity index (χ0n) is 23.1. The van der Waals surface area contributed by atoms with E-state index in [-0.39, 0.29) is 17.9 Å². The van der Waals surface area contributed by atoms with E-state index in [4.69, 9.17) is 4.74 Å². The molecule has 3 aromatic carbocycles. The van der Waals surface area contributed by atoms with Gasteiger partial charge in [-0.15, -0.1) is 0 Å². The van der Waals surface area contributed by atoms with Crippen LogP contribution in [-0.4, -0.2) is 34.4 Å². The normalized spacial score (nSPS) is 20.0. The fraction of sp³-hybridized carbons (Fsp3) is 0.353. The average Bonchev–Trinajstić information content (AvgIpc) is 3.35. The highest BCUT2D eigenvalue weighted by atomic mass is 16.5. The lowest BCUT2D eigenvalue weighted by Crippen LogP contribution is -2.64. The monoisotopic (exact) mass is 535 g/mol. The van der Waals surface area contributed by atoms with Gasteiger partial charge in [-0.2, -0.15) is 0 Å². The molecule has 1 fully saturated rings. The van der Waals surface area contributed by atoms with Crippen molar-refractivity contribution in [2.45, 2.75) is 69.6 Å². The van der Waals surface area contributed by atoms with Gasteiger partial charge in [0.25, 0.3) is 11.8 Å². The van der Waals surface area contributed by atoms with Crippen molar-refractivity contribution in [3.05, 3.63) is 102 Å². The van der Waals surface area contributed by atoms with Crippen LogP contribution in [0.25, 0.3) is 10.9 Å². The minimum atomic E-state index is -1.21. The first kappa shape index (κ1) is 26.2. The molecule has 1 aromatic heterocycles. The zero-order chi connectivity index (χ0) is 27.5. The Morgan fingerprint density at radius 2 is 1.57 bits per heavy atom. The molecule has 206 valence electrons. The summed E-state index contributed by atoms with van der Waals surface area (Å²) in [5.41, 5.74) is 2.13. The molecule has 6 nitrogen and oxygen atoms in total. The van der Waals surface area contributed by atoms with E-state index < -0.39 is 5.54 Å². The van der Waals surface area contributed by atoms with E-state index in [1.54, 1.807) is 12.0 Å². The molecule has 1 unspecified atom stereocenters. The summed E-state index contributed by atoms with van der Waals surface area (Å²) in [6.45, 7) is 0.650. The summed E-state index contributed by atoms with van der Waals surface area (Å²) < 4.78 is 7.41. The van der Waals surface area contributed by atoms with E-state index in [1.165, 1.54) is 19.3 Å². The van der Waals surface area contributed by atoms with Crippen molar-refractivity contribution >= 4 is 22.7 Å². The van der Waals surface area contributed by atoms with Gasteiger partial charge in [-0.3, -0.25) is 9.59 Å². The lowest BCUT2D eigenvalue weighted by molar-refractivity contribution is -0.136. The summed E-state index contributed by atoms with van der Waals surface area (Å²) in [5.74, 6) is 0.509. The van der Waals surface area contributed by atoms with Gasteiger partial charge in [-0.05, 0) is 48.2 Å². The molecule has 6 heteroatoms. The quantitative estimate of drug-likeness (QED) is 0.309. The first-order chi connectivity index (χ1) is 19.6. The summed E-state index contributed by atoms with van der Waals surface area (Å²) in [6.07, 6.45) is 7.85. The third kappa shape index (κ3) is 4.76. The van der Waals surface area contributed by atoms with Crippen molar-refractivity contribution in [3.63, 3.8) is 0 Å². The highest BCUT2D eigenvalue weighted by Gasteiger charge is 2.52. The molecule has 1 aliphatic heterocycles. The van der Waals surface area contributed by atoms with E-state index in [2.05, 4.69) is 5.32 Å². The van der Waals surface area contributed by atoms with Crippen LogP contribution in [-0.2, 0) is 23.4 Å². The first-order valence-corrected chi connectivity index (χ1v) is 14.5. The van der Waals surface area contributed by atoms with Crippen LogP contribution in [0.3, 0.4) is 0 Å². The average molecular weight is 536 g/mol. The second-order valence-electron chi connectivity index (χ2n) is 11.2. The van der Waals surface area contributed by atoms with Gasteiger partial charge in [0.15, 0.2) is 5.54 Å². The summed E-state index contributed by atoms with van der Waals surface area (Å²) >= 11 is 0. The number of nitrogens with zero attached hydrogens (tertiary/aromatic N) is 2. The Bertz CT molecular complexity index is 1490. The van der Waals surface area contributed by atoms with Gasteiger partial charge < -0.3 is 19.5 Å². The molecule has 1 N–H and O–H groups in total. The Kier molecular flexibility index (Phi) is 7.33. The van der Waals surface area contributed by atoms with Crippen LogP contribution in [0.1, 0.15) is 66.6 Å². The smallest absolute Gasteiger partial charge is 0.272 e. The molecule has 4 aromatic rings. The number of aromatic nitrogens is 1. The molecule has 1 aliphatic carbocycles. The Morgan fingerprint density at radius 1 is 0.900 bits per heavy atom.